The smallest absolute Gasteiger partial charge is 0.162 e. The summed E-state index contributed by atoms with van der Waals surface area (Å²) in [5.74, 6) is -1.61. The quantitative estimate of drug-likeness (QED) is 0.702. The summed E-state index contributed by atoms with van der Waals surface area (Å²) in [5, 5.41) is 0.448. The Hall–Kier alpha value is -0.890. The zero-order valence-electron chi connectivity index (χ0n) is 6.99. The van der Waals surface area contributed by atoms with Crippen LogP contribution in [0.4, 0.5) is 8.78 Å². The molecule has 0 amide bonds. The highest BCUT2D eigenvalue weighted by Gasteiger charge is 2.06. The van der Waals surface area contributed by atoms with Gasteiger partial charge in [-0.05, 0) is 24.5 Å². The van der Waals surface area contributed by atoms with Gasteiger partial charge in [-0.1, -0.05) is 30.3 Å². The first-order valence-electron chi connectivity index (χ1n) is 3.87. The highest BCUT2D eigenvalue weighted by Crippen LogP contribution is 2.15. The fourth-order valence-electron chi connectivity index (χ4n) is 1.01. The summed E-state index contributed by atoms with van der Waals surface area (Å²) in [6.07, 6.45) is 0.841. The van der Waals surface area contributed by atoms with Crippen molar-refractivity contribution < 1.29 is 8.78 Å². The van der Waals surface area contributed by atoms with Crippen LogP contribution in [-0.4, -0.2) is 0 Å². The Balaban J connectivity index is 2.77. The van der Waals surface area contributed by atoms with Crippen LogP contribution in [0.25, 0.3) is 0 Å². The Morgan fingerprint density at radius 1 is 1.38 bits per heavy atom. The summed E-state index contributed by atoms with van der Waals surface area (Å²) in [7, 11) is 0. The maximum Gasteiger partial charge on any atom is 0.162 e. The number of halogens is 3. The lowest BCUT2D eigenvalue weighted by Crippen LogP contribution is -1.93. The first-order valence-corrected chi connectivity index (χ1v) is 4.25. The molecule has 0 N–H and O–H groups in total. The fraction of sp³-hybridized carbons (Fsp3) is 0.200. The largest absolute Gasteiger partial charge is 0.204 e. The zero-order valence-corrected chi connectivity index (χ0v) is 7.74. The molecule has 1 rings (SSSR count). The first kappa shape index (κ1) is 10.2. The SMILES string of the molecule is C=C(Cl)CCc1cccc(F)c1F. The Morgan fingerprint density at radius 2 is 2.08 bits per heavy atom. The van der Waals surface area contributed by atoms with Crippen molar-refractivity contribution in [2.24, 2.45) is 0 Å². The van der Waals surface area contributed by atoms with Crippen molar-refractivity contribution in [1.29, 1.82) is 0 Å². The molecule has 0 aliphatic rings. The molecule has 0 unspecified atom stereocenters. The second kappa shape index (κ2) is 4.38. The van der Waals surface area contributed by atoms with Gasteiger partial charge in [-0.15, -0.1) is 0 Å². The van der Waals surface area contributed by atoms with Crippen LogP contribution < -0.4 is 0 Å². The molecule has 0 aliphatic heterocycles. The maximum absolute atomic E-state index is 13.0. The van der Waals surface area contributed by atoms with E-state index in [9.17, 15) is 8.78 Å². The molecule has 0 heterocycles. The molecule has 0 aromatic heterocycles. The normalized spacial score (nSPS) is 10.1. The van der Waals surface area contributed by atoms with E-state index in [-0.39, 0.29) is 0 Å². The van der Waals surface area contributed by atoms with Crippen LogP contribution in [0.5, 0.6) is 0 Å². The van der Waals surface area contributed by atoms with Crippen molar-refractivity contribution in [1.82, 2.24) is 0 Å². The summed E-state index contributed by atoms with van der Waals surface area (Å²) >= 11 is 5.51. The van der Waals surface area contributed by atoms with Gasteiger partial charge >= 0.3 is 0 Å². The average molecular weight is 203 g/mol. The van der Waals surface area contributed by atoms with Crippen molar-refractivity contribution in [2.45, 2.75) is 12.8 Å². The topological polar surface area (TPSA) is 0 Å². The highest BCUT2D eigenvalue weighted by atomic mass is 35.5. The molecule has 0 bridgehead atoms. The van der Waals surface area contributed by atoms with Gasteiger partial charge in [0.1, 0.15) is 0 Å². The van der Waals surface area contributed by atoms with Crippen molar-refractivity contribution >= 4 is 11.6 Å². The molecule has 70 valence electrons. The summed E-state index contributed by atoms with van der Waals surface area (Å²) in [5.41, 5.74) is 0.335. The minimum atomic E-state index is -0.822. The lowest BCUT2D eigenvalue weighted by molar-refractivity contribution is 0.498. The number of hydrogen-bond donors (Lipinski definition) is 0. The van der Waals surface area contributed by atoms with Crippen molar-refractivity contribution in [2.75, 3.05) is 0 Å². The van der Waals surface area contributed by atoms with E-state index in [1.807, 2.05) is 0 Å². The number of rotatable bonds is 3. The van der Waals surface area contributed by atoms with Crippen LogP contribution in [0.3, 0.4) is 0 Å². The number of allylic oxidation sites excluding steroid dienone is 1. The van der Waals surface area contributed by atoms with E-state index in [1.165, 1.54) is 12.1 Å². The molecule has 0 aliphatic carbocycles. The molecule has 0 radical (unpaired) electrons. The number of aryl methyl sites for hydroxylation is 1. The van der Waals surface area contributed by atoms with Crippen molar-refractivity contribution in [3.8, 4) is 0 Å². The minimum Gasteiger partial charge on any atom is -0.204 e. The van der Waals surface area contributed by atoms with Gasteiger partial charge in [0.2, 0.25) is 0 Å². The highest BCUT2D eigenvalue weighted by molar-refractivity contribution is 6.29. The van der Waals surface area contributed by atoms with Crippen molar-refractivity contribution in [3.63, 3.8) is 0 Å². The molecule has 0 saturated carbocycles. The number of hydrogen-bond acceptors (Lipinski definition) is 0. The van der Waals surface area contributed by atoms with Crippen LogP contribution in [0.2, 0.25) is 0 Å². The van der Waals surface area contributed by atoms with Crippen LogP contribution in [0.1, 0.15) is 12.0 Å². The van der Waals surface area contributed by atoms with E-state index in [0.29, 0.717) is 23.4 Å². The summed E-state index contributed by atoms with van der Waals surface area (Å²) in [6, 6.07) is 4.11. The second-order valence-electron chi connectivity index (χ2n) is 2.73. The standard InChI is InChI=1S/C10H9ClF2/c1-7(11)5-6-8-3-2-4-9(12)10(8)13/h2-4H,1,5-6H2. The van der Waals surface area contributed by atoms with Gasteiger partial charge in [-0.2, -0.15) is 0 Å². The second-order valence-corrected chi connectivity index (χ2v) is 3.26. The lowest BCUT2D eigenvalue weighted by atomic mass is 10.1. The van der Waals surface area contributed by atoms with Gasteiger partial charge < -0.3 is 0 Å². The van der Waals surface area contributed by atoms with E-state index in [0.717, 1.165) is 6.07 Å². The average Bonchev–Trinajstić information content (AvgIpc) is 2.07. The molecule has 3 heteroatoms. The third-order valence-corrected chi connectivity index (χ3v) is 1.89. The van der Waals surface area contributed by atoms with Gasteiger partial charge in [0, 0.05) is 5.03 Å². The predicted octanol–water partition coefficient (Wildman–Crippen LogP) is 3.65. The molecule has 0 fully saturated rings. The van der Waals surface area contributed by atoms with E-state index in [1.54, 1.807) is 0 Å². The monoisotopic (exact) mass is 202 g/mol. The Labute approximate surface area is 80.8 Å². The van der Waals surface area contributed by atoms with E-state index in [2.05, 4.69) is 6.58 Å². The Bertz CT molecular complexity index is 321. The molecule has 13 heavy (non-hydrogen) atoms. The van der Waals surface area contributed by atoms with Gasteiger partial charge in [0.25, 0.3) is 0 Å². The van der Waals surface area contributed by atoms with Gasteiger partial charge in [-0.3, -0.25) is 0 Å². The molecule has 0 atom stereocenters. The third kappa shape index (κ3) is 2.81. The molecular weight excluding hydrogens is 194 g/mol. The van der Waals surface area contributed by atoms with Gasteiger partial charge in [-0.25, -0.2) is 8.78 Å². The Morgan fingerprint density at radius 3 is 2.69 bits per heavy atom. The third-order valence-electron chi connectivity index (χ3n) is 1.70. The molecule has 0 spiro atoms. The van der Waals surface area contributed by atoms with E-state index in [4.69, 9.17) is 11.6 Å². The Kier molecular flexibility index (Phi) is 3.43. The molecule has 0 nitrogen and oxygen atoms in total. The molecular formula is C10H9ClF2. The summed E-state index contributed by atoms with van der Waals surface area (Å²) in [4.78, 5) is 0. The van der Waals surface area contributed by atoms with Gasteiger partial charge in [0.05, 0.1) is 0 Å². The summed E-state index contributed by atoms with van der Waals surface area (Å²) < 4.78 is 25.7. The fourth-order valence-corrected chi connectivity index (χ4v) is 1.11. The number of benzene rings is 1. The predicted molar refractivity (Wildman–Crippen MR) is 49.7 cm³/mol. The van der Waals surface area contributed by atoms with E-state index >= 15 is 0 Å². The van der Waals surface area contributed by atoms with Crippen molar-refractivity contribution in [3.05, 3.63) is 47.0 Å². The maximum atomic E-state index is 13.0. The lowest BCUT2D eigenvalue weighted by Gasteiger charge is -2.02. The minimum absolute atomic E-state index is 0.335. The molecule has 0 saturated heterocycles. The zero-order chi connectivity index (χ0) is 9.84. The van der Waals surface area contributed by atoms with Crippen LogP contribution in [0, 0.1) is 11.6 Å². The summed E-state index contributed by atoms with van der Waals surface area (Å²) in [6.45, 7) is 3.47. The van der Waals surface area contributed by atoms with Gasteiger partial charge in [0.15, 0.2) is 11.6 Å². The van der Waals surface area contributed by atoms with Crippen LogP contribution in [-0.2, 0) is 6.42 Å². The van der Waals surface area contributed by atoms with Crippen LogP contribution >= 0.6 is 11.6 Å². The molecule has 1 aromatic rings. The van der Waals surface area contributed by atoms with Crippen LogP contribution in [0.15, 0.2) is 29.8 Å². The molecule has 1 aromatic carbocycles. The van der Waals surface area contributed by atoms with E-state index < -0.39 is 11.6 Å². The first-order chi connectivity index (χ1) is 6.11.